The van der Waals surface area contributed by atoms with Crippen LogP contribution < -0.4 is 11.1 Å². The van der Waals surface area contributed by atoms with E-state index in [-0.39, 0.29) is 5.75 Å². The van der Waals surface area contributed by atoms with Crippen molar-refractivity contribution in [2.24, 2.45) is 5.73 Å². The quantitative estimate of drug-likeness (QED) is 0.502. The minimum absolute atomic E-state index is 0.265. The van der Waals surface area contributed by atoms with E-state index in [4.69, 9.17) is 5.73 Å². The number of rotatable bonds is 14. The Labute approximate surface area is 148 Å². The summed E-state index contributed by atoms with van der Waals surface area (Å²) in [5.74, 6) is 0.265. The van der Waals surface area contributed by atoms with Gasteiger partial charge in [-0.3, -0.25) is 0 Å². The van der Waals surface area contributed by atoms with Gasteiger partial charge in [-0.05, 0) is 58.0 Å². The molecule has 3 N–H and O–H groups in total. The minimum atomic E-state index is -3.11. The van der Waals surface area contributed by atoms with Gasteiger partial charge in [0.2, 0.25) is 0 Å². The number of nitrogens with one attached hydrogen (secondary N) is 1. The molecule has 0 aromatic heterocycles. The second kappa shape index (κ2) is 12.5. The number of aryl methyl sites for hydroxylation is 1. The van der Waals surface area contributed by atoms with Crippen molar-refractivity contribution in [2.75, 3.05) is 25.4 Å². The molecule has 4 nitrogen and oxygen atoms in total. The lowest BCUT2D eigenvalue weighted by atomic mass is 10.1. The smallest absolute Gasteiger partial charge is 0.178 e. The normalized spacial score (nSPS) is 11.8. The molecule has 0 fully saturated rings. The predicted molar refractivity (Wildman–Crippen MR) is 102 cm³/mol. The lowest BCUT2D eigenvalue weighted by Crippen LogP contribution is -2.19. The summed E-state index contributed by atoms with van der Waals surface area (Å²) in [6.45, 7) is 4.82. The van der Waals surface area contributed by atoms with Gasteiger partial charge in [0, 0.05) is 0 Å². The molecule has 0 heterocycles. The van der Waals surface area contributed by atoms with Crippen LogP contribution in [0.3, 0.4) is 0 Å². The van der Waals surface area contributed by atoms with Crippen molar-refractivity contribution in [2.45, 2.75) is 63.2 Å². The molecule has 0 amide bonds. The van der Waals surface area contributed by atoms with Crippen LogP contribution in [0.4, 0.5) is 0 Å². The van der Waals surface area contributed by atoms with E-state index in [0.29, 0.717) is 4.90 Å². The number of hydrogen-bond donors (Lipinski definition) is 2. The van der Waals surface area contributed by atoms with E-state index in [1.165, 1.54) is 25.7 Å². The van der Waals surface area contributed by atoms with Crippen LogP contribution in [0.5, 0.6) is 0 Å². The van der Waals surface area contributed by atoms with Crippen LogP contribution in [0.2, 0.25) is 0 Å². The van der Waals surface area contributed by atoms with Crippen LogP contribution in [0.25, 0.3) is 0 Å². The molecule has 0 saturated heterocycles. The van der Waals surface area contributed by atoms with Gasteiger partial charge in [0.05, 0.1) is 10.6 Å². The average molecular weight is 355 g/mol. The van der Waals surface area contributed by atoms with E-state index in [2.05, 4.69) is 5.32 Å². The third-order valence-electron chi connectivity index (χ3n) is 4.20. The highest BCUT2D eigenvalue weighted by Crippen LogP contribution is 2.15. The zero-order valence-corrected chi connectivity index (χ0v) is 15.9. The monoisotopic (exact) mass is 354 g/mol. The van der Waals surface area contributed by atoms with Gasteiger partial charge in [-0.15, -0.1) is 0 Å². The molecule has 0 aliphatic carbocycles. The van der Waals surface area contributed by atoms with Crippen molar-refractivity contribution in [1.82, 2.24) is 5.32 Å². The van der Waals surface area contributed by atoms with Crippen LogP contribution in [-0.4, -0.2) is 33.8 Å². The topological polar surface area (TPSA) is 72.2 Å². The number of hydrogen-bond acceptors (Lipinski definition) is 4. The second-order valence-electron chi connectivity index (χ2n) is 6.50. The Kier molecular flexibility index (Phi) is 11.0. The third kappa shape index (κ3) is 9.40. The SMILES string of the molecule is Cc1ccc(S(=O)(=O)CCCCCCCCCNCCCN)cc1. The van der Waals surface area contributed by atoms with Gasteiger partial charge in [-0.2, -0.15) is 0 Å². The Hall–Kier alpha value is -0.910. The maximum Gasteiger partial charge on any atom is 0.178 e. The first-order chi connectivity index (χ1) is 11.6. The Morgan fingerprint density at radius 3 is 2.00 bits per heavy atom. The highest BCUT2D eigenvalue weighted by molar-refractivity contribution is 7.91. The minimum Gasteiger partial charge on any atom is -0.330 e. The summed E-state index contributed by atoms with van der Waals surface area (Å²) in [6, 6.07) is 7.15. The Morgan fingerprint density at radius 2 is 1.38 bits per heavy atom. The molecular weight excluding hydrogens is 320 g/mol. The third-order valence-corrected chi connectivity index (χ3v) is 6.02. The maximum atomic E-state index is 12.2. The summed E-state index contributed by atoms with van der Waals surface area (Å²) >= 11 is 0. The standard InChI is InChI=1S/C19H34N2O2S/c1-18-10-12-19(13-11-18)24(22,23)17-8-6-4-2-3-5-7-15-21-16-9-14-20/h10-13,21H,2-9,14-17,20H2,1H3. The van der Waals surface area contributed by atoms with Crippen LogP contribution in [0.15, 0.2) is 29.2 Å². The molecule has 0 unspecified atom stereocenters. The van der Waals surface area contributed by atoms with Gasteiger partial charge in [0.1, 0.15) is 0 Å². The number of sulfone groups is 1. The molecule has 0 spiro atoms. The fourth-order valence-corrected chi connectivity index (χ4v) is 4.01. The Morgan fingerprint density at radius 1 is 0.833 bits per heavy atom. The number of unbranched alkanes of at least 4 members (excludes halogenated alkanes) is 6. The fraction of sp³-hybridized carbons (Fsp3) is 0.684. The van der Waals surface area contributed by atoms with Crippen LogP contribution in [0, 0.1) is 6.92 Å². The Balaban J connectivity index is 2.01. The first kappa shape index (κ1) is 21.1. The average Bonchev–Trinajstić information content (AvgIpc) is 2.56. The van der Waals surface area contributed by atoms with Gasteiger partial charge in [0.25, 0.3) is 0 Å². The van der Waals surface area contributed by atoms with E-state index < -0.39 is 9.84 Å². The molecule has 1 aromatic rings. The first-order valence-corrected chi connectivity index (χ1v) is 10.9. The molecule has 138 valence electrons. The molecule has 1 rings (SSSR count). The summed E-state index contributed by atoms with van der Waals surface area (Å²) in [7, 11) is -3.11. The molecule has 0 bridgehead atoms. The molecule has 0 aliphatic heterocycles. The highest BCUT2D eigenvalue weighted by Gasteiger charge is 2.13. The van der Waals surface area contributed by atoms with Crippen molar-refractivity contribution >= 4 is 9.84 Å². The fourth-order valence-electron chi connectivity index (χ4n) is 2.64. The lowest BCUT2D eigenvalue weighted by Gasteiger charge is -2.06. The van der Waals surface area contributed by atoms with E-state index in [0.717, 1.165) is 50.9 Å². The molecular formula is C19H34N2O2S. The summed E-state index contributed by atoms with van der Waals surface area (Å²) in [5, 5.41) is 3.39. The van der Waals surface area contributed by atoms with Crippen molar-refractivity contribution in [3.63, 3.8) is 0 Å². The van der Waals surface area contributed by atoms with Gasteiger partial charge in [0.15, 0.2) is 9.84 Å². The Bertz CT molecular complexity index is 527. The predicted octanol–water partition coefficient (Wildman–Crippen LogP) is 3.44. The van der Waals surface area contributed by atoms with Crippen molar-refractivity contribution < 1.29 is 8.42 Å². The molecule has 5 heteroatoms. The van der Waals surface area contributed by atoms with Crippen molar-refractivity contribution in [3.05, 3.63) is 29.8 Å². The molecule has 0 aliphatic rings. The van der Waals surface area contributed by atoms with E-state index in [1.54, 1.807) is 12.1 Å². The van der Waals surface area contributed by atoms with Crippen molar-refractivity contribution in [1.29, 1.82) is 0 Å². The zero-order valence-electron chi connectivity index (χ0n) is 15.1. The molecule has 0 radical (unpaired) electrons. The van der Waals surface area contributed by atoms with Gasteiger partial charge in [-0.25, -0.2) is 8.42 Å². The summed E-state index contributed by atoms with van der Waals surface area (Å²) in [6.07, 6.45) is 8.84. The lowest BCUT2D eigenvalue weighted by molar-refractivity contribution is 0.555. The van der Waals surface area contributed by atoms with Crippen LogP contribution in [0.1, 0.15) is 56.9 Å². The van der Waals surface area contributed by atoms with Crippen molar-refractivity contribution in [3.8, 4) is 0 Å². The van der Waals surface area contributed by atoms with Crippen LogP contribution >= 0.6 is 0 Å². The zero-order chi connectivity index (χ0) is 17.7. The van der Waals surface area contributed by atoms with E-state index in [9.17, 15) is 8.42 Å². The van der Waals surface area contributed by atoms with Gasteiger partial charge < -0.3 is 11.1 Å². The second-order valence-corrected chi connectivity index (χ2v) is 8.61. The van der Waals surface area contributed by atoms with Gasteiger partial charge in [-0.1, -0.05) is 49.8 Å². The van der Waals surface area contributed by atoms with Crippen LogP contribution in [-0.2, 0) is 9.84 Å². The molecule has 1 aromatic carbocycles. The molecule has 0 saturated carbocycles. The van der Waals surface area contributed by atoms with E-state index >= 15 is 0 Å². The summed E-state index contributed by atoms with van der Waals surface area (Å²) in [5.41, 5.74) is 6.52. The number of nitrogens with two attached hydrogens (primary N) is 1. The molecule has 0 atom stereocenters. The largest absolute Gasteiger partial charge is 0.330 e. The summed E-state index contributed by atoms with van der Waals surface area (Å²) < 4.78 is 24.4. The summed E-state index contributed by atoms with van der Waals surface area (Å²) in [4.78, 5) is 0.454. The first-order valence-electron chi connectivity index (χ1n) is 9.26. The maximum absolute atomic E-state index is 12.2. The highest BCUT2D eigenvalue weighted by atomic mass is 32.2. The number of benzene rings is 1. The van der Waals surface area contributed by atoms with E-state index in [1.807, 2.05) is 19.1 Å². The van der Waals surface area contributed by atoms with Gasteiger partial charge >= 0.3 is 0 Å². The molecule has 24 heavy (non-hydrogen) atoms.